The average molecular weight is 141 g/mol. The standard InChI is InChI=1S/C4H6F3NO/c1-8-3(9)4(6,7)2-5/h2H2,1H3,(H,8,9). The van der Waals surface area contributed by atoms with Crippen molar-refractivity contribution < 1.29 is 18.0 Å². The fourth-order valence-corrected chi connectivity index (χ4v) is 0.244. The number of carbonyl (C=O) groups is 1. The van der Waals surface area contributed by atoms with E-state index in [-0.39, 0.29) is 0 Å². The van der Waals surface area contributed by atoms with Crippen LogP contribution in [0.2, 0.25) is 0 Å². The minimum absolute atomic E-state index is 1.02. The molecule has 5 heteroatoms. The van der Waals surface area contributed by atoms with Gasteiger partial charge in [-0.1, -0.05) is 0 Å². The molecule has 0 saturated heterocycles. The van der Waals surface area contributed by atoms with Gasteiger partial charge in [0.05, 0.1) is 0 Å². The first-order valence-corrected chi connectivity index (χ1v) is 2.20. The molecule has 0 aromatic carbocycles. The lowest BCUT2D eigenvalue weighted by molar-refractivity contribution is -0.147. The Kier molecular flexibility index (Phi) is 2.48. The molecule has 0 heterocycles. The molecule has 2 nitrogen and oxygen atoms in total. The second-order valence-electron chi connectivity index (χ2n) is 1.42. The van der Waals surface area contributed by atoms with Crippen LogP contribution in [0.15, 0.2) is 0 Å². The zero-order valence-corrected chi connectivity index (χ0v) is 4.75. The van der Waals surface area contributed by atoms with Crippen LogP contribution in [0.1, 0.15) is 0 Å². The second kappa shape index (κ2) is 2.70. The van der Waals surface area contributed by atoms with Gasteiger partial charge in [0.15, 0.2) is 6.67 Å². The summed E-state index contributed by atoms with van der Waals surface area (Å²) in [4.78, 5) is 9.96. The van der Waals surface area contributed by atoms with Crippen LogP contribution in [0.25, 0.3) is 0 Å². The maximum atomic E-state index is 11.8. The van der Waals surface area contributed by atoms with Crippen LogP contribution < -0.4 is 5.32 Å². The number of alkyl halides is 3. The van der Waals surface area contributed by atoms with Crippen LogP contribution in [0.3, 0.4) is 0 Å². The van der Waals surface area contributed by atoms with Crippen molar-refractivity contribution in [3.05, 3.63) is 0 Å². The van der Waals surface area contributed by atoms with Gasteiger partial charge in [-0.3, -0.25) is 4.79 Å². The monoisotopic (exact) mass is 141 g/mol. The number of hydrogen-bond donors (Lipinski definition) is 1. The molecule has 0 aliphatic rings. The van der Waals surface area contributed by atoms with Crippen molar-refractivity contribution in [2.24, 2.45) is 0 Å². The summed E-state index contributed by atoms with van der Waals surface area (Å²) in [5.41, 5.74) is 0. The Morgan fingerprint density at radius 1 is 1.67 bits per heavy atom. The van der Waals surface area contributed by atoms with E-state index in [2.05, 4.69) is 0 Å². The Labute approximate surface area is 50.0 Å². The van der Waals surface area contributed by atoms with Gasteiger partial charge in [0.2, 0.25) is 0 Å². The molecule has 0 fully saturated rings. The average Bonchev–Trinajstić information content (AvgIpc) is 1.86. The quantitative estimate of drug-likeness (QED) is 0.590. The Morgan fingerprint density at radius 3 is 2.22 bits per heavy atom. The summed E-state index contributed by atoms with van der Waals surface area (Å²) in [5.74, 6) is -5.46. The maximum Gasteiger partial charge on any atom is 0.352 e. The van der Waals surface area contributed by atoms with Crippen molar-refractivity contribution in [2.45, 2.75) is 5.92 Å². The van der Waals surface area contributed by atoms with E-state index in [9.17, 15) is 18.0 Å². The van der Waals surface area contributed by atoms with Gasteiger partial charge in [-0.15, -0.1) is 0 Å². The highest BCUT2D eigenvalue weighted by Crippen LogP contribution is 2.12. The summed E-state index contributed by atoms with van der Waals surface area (Å²) in [5, 5.41) is 1.63. The smallest absolute Gasteiger partial charge is 0.352 e. The van der Waals surface area contributed by atoms with Crippen molar-refractivity contribution in [3.8, 4) is 0 Å². The largest absolute Gasteiger partial charge is 0.354 e. The molecule has 0 radical (unpaired) electrons. The first kappa shape index (κ1) is 8.26. The third-order valence-electron chi connectivity index (χ3n) is 0.727. The molecule has 0 bridgehead atoms. The van der Waals surface area contributed by atoms with Gasteiger partial charge in [-0.25, -0.2) is 4.39 Å². The molecular formula is C4H6F3NO. The summed E-state index contributed by atoms with van der Waals surface area (Å²) < 4.78 is 34.7. The first-order valence-electron chi connectivity index (χ1n) is 2.20. The molecule has 0 aromatic rings. The lowest BCUT2D eigenvalue weighted by Gasteiger charge is -2.08. The van der Waals surface area contributed by atoms with E-state index < -0.39 is 18.5 Å². The summed E-state index contributed by atoms with van der Waals surface area (Å²) >= 11 is 0. The molecule has 0 unspecified atom stereocenters. The number of amides is 1. The minimum atomic E-state index is -3.87. The lowest BCUT2D eigenvalue weighted by atomic mass is 10.3. The van der Waals surface area contributed by atoms with Gasteiger partial charge >= 0.3 is 5.92 Å². The van der Waals surface area contributed by atoms with E-state index in [0.717, 1.165) is 7.05 Å². The normalized spacial score (nSPS) is 11.1. The van der Waals surface area contributed by atoms with Crippen LogP contribution in [-0.2, 0) is 4.79 Å². The minimum Gasteiger partial charge on any atom is -0.354 e. The van der Waals surface area contributed by atoms with Gasteiger partial charge in [0, 0.05) is 7.05 Å². The predicted molar refractivity (Wildman–Crippen MR) is 25.0 cm³/mol. The Morgan fingerprint density at radius 2 is 2.11 bits per heavy atom. The first-order chi connectivity index (χ1) is 4.04. The van der Waals surface area contributed by atoms with Gasteiger partial charge in [0.1, 0.15) is 0 Å². The van der Waals surface area contributed by atoms with Gasteiger partial charge in [-0.05, 0) is 0 Å². The van der Waals surface area contributed by atoms with Crippen molar-refractivity contribution in [2.75, 3.05) is 13.7 Å². The number of rotatable bonds is 2. The van der Waals surface area contributed by atoms with Gasteiger partial charge in [0.25, 0.3) is 5.91 Å². The highest BCUT2D eigenvalue weighted by Gasteiger charge is 2.37. The molecular weight excluding hydrogens is 135 g/mol. The summed E-state index contributed by atoms with van der Waals surface area (Å²) in [7, 11) is 1.02. The zero-order chi connectivity index (χ0) is 7.49. The Hall–Kier alpha value is -0.740. The van der Waals surface area contributed by atoms with Crippen LogP contribution in [-0.4, -0.2) is 25.6 Å². The molecule has 9 heavy (non-hydrogen) atoms. The third-order valence-corrected chi connectivity index (χ3v) is 0.727. The highest BCUT2D eigenvalue weighted by atomic mass is 19.3. The number of hydrogen-bond acceptors (Lipinski definition) is 1. The molecule has 0 spiro atoms. The molecule has 0 aromatic heterocycles. The van der Waals surface area contributed by atoms with Gasteiger partial charge in [-0.2, -0.15) is 8.78 Å². The second-order valence-corrected chi connectivity index (χ2v) is 1.42. The van der Waals surface area contributed by atoms with Crippen molar-refractivity contribution in [3.63, 3.8) is 0 Å². The summed E-state index contributed by atoms with van der Waals surface area (Å²) in [6.45, 7) is -1.95. The van der Waals surface area contributed by atoms with Crippen LogP contribution in [0.5, 0.6) is 0 Å². The van der Waals surface area contributed by atoms with E-state index >= 15 is 0 Å². The van der Waals surface area contributed by atoms with E-state index in [1.807, 2.05) is 0 Å². The SMILES string of the molecule is CNC(=O)C(F)(F)CF. The Bertz CT molecular complexity index is 114. The predicted octanol–water partition coefficient (Wildman–Crippen LogP) is 0.337. The van der Waals surface area contributed by atoms with Crippen molar-refractivity contribution in [1.82, 2.24) is 5.32 Å². The Balaban J connectivity index is 3.97. The molecule has 0 aliphatic carbocycles. The van der Waals surface area contributed by atoms with E-state index in [1.54, 1.807) is 5.32 Å². The summed E-state index contributed by atoms with van der Waals surface area (Å²) in [6.07, 6.45) is 0. The lowest BCUT2D eigenvalue weighted by Crippen LogP contribution is -2.39. The number of nitrogens with one attached hydrogen (secondary N) is 1. The van der Waals surface area contributed by atoms with Crippen molar-refractivity contribution >= 4 is 5.91 Å². The highest BCUT2D eigenvalue weighted by molar-refractivity contribution is 5.83. The fourth-order valence-electron chi connectivity index (χ4n) is 0.244. The summed E-state index contributed by atoms with van der Waals surface area (Å²) in [6, 6.07) is 0. The topological polar surface area (TPSA) is 29.1 Å². The van der Waals surface area contributed by atoms with E-state index in [0.29, 0.717) is 0 Å². The molecule has 0 atom stereocenters. The fraction of sp³-hybridized carbons (Fsp3) is 0.750. The van der Waals surface area contributed by atoms with Crippen LogP contribution in [0, 0.1) is 0 Å². The van der Waals surface area contributed by atoms with E-state index in [4.69, 9.17) is 0 Å². The molecule has 0 aliphatic heterocycles. The van der Waals surface area contributed by atoms with Crippen LogP contribution >= 0.6 is 0 Å². The molecule has 54 valence electrons. The number of halogens is 3. The number of carbonyl (C=O) groups excluding carboxylic acids is 1. The van der Waals surface area contributed by atoms with Crippen LogP contribution in [0.4, 0.5) is 13.2 Å². The molecule has 0 saturated carbocycles. The van der Waals surface area contributed by atoms with Crippen molar-refractivity contribution in [1.29, 1.82) is 0 Å². The molecule has 1 amide bonds. The molecule has 0 rings (SSSR count). The zero-order valence-electron chi connectivity index (χ0n) is 4.75. The van der Waals surface area contributed by atoms with Gasteiger partial charge < -0.3 is 5.32 Å². The maximum absolute atomic E-state index is 11.8. The van der Waals surface area contributed by atoms with E-state index in [1.165, 1.54) is 0 Å². The molecule has 1 N–H and O–H groups in total. The third kappa shape index (κ3) is 1.91.